The van der Waals surface area contributed by atoms with E-state index in [1.54, 1.807) is 20.8 Å². The second kappa shape index (κ2) is 4.60. The van der Waals surface area contributed by atoms with E-state index in [0.29, 0.717) is 0 Å². The molecule has 0 aliphatic carbocycles. The van der Waals surface area contributed by atoms with Gasteiger partial charge in [0.05, 0.1) is 5.56 Å². The van der Waals surface area contributed by atoms with Crippen molar-refractivity contribution in [2.75, 3.05) is 0 Å². The van der Waals surface area contributed by atoms with Crippen molar-refractivity contribution in [2.24, 2.45) is 0 Å². The van der Waals surface area contributed by atoms with Crippen LogP contribution in [0.25, 0.3) is 0 Å². The highest BCUT2D eigenvalue weighted by molar-refractivity contribution is 5.89. The van der Waals surface area contributed by atoms with Crippen molar-refractivity contribution < 1.29 is 18.3 Å². The molecule has 0 saturated carbocycles. The maximum Gasteiger partial charge on any atom is 0.338 e. The van der Waals surface area contributed by atoms with E-state index >= 15 is 0 Å². The van der Waals surface area contributed by atoms with E-state index in [1.807, 2.05) is 0 Å². The summed E-state index contributed by atoms with van der Waals surface area (Å²) in [6, 6.07) is 5.30. The predicted molar refractivity (Wildman–Crippen MR) is 56.6 cm³/mol. The van der Waals surface area contributed by atoms with Crippen LogP contribution in [0.3, 0.4) is 0 Å². The standard InChI is InChI=1S/C12H14F2O2/c1-12(2,3)16-11(15)9-6-4-5-8(7-9)10(13)14/h4-7,10H,1-3H3. The molecule has 0 bridgehead atoms. The van der Waals surface area contributed by atoms with Crippen molar-refractivity contribution in [1.29, 1.82) is 0 Å². The van der Waals surface area contributed by atoms with Gasteiger partial charge < -0.3 is 4.74 Å². The molecule has 0 aliphatic rings. The smallest absolute Gasteiger partial charge is 0.338 e. The predicted octanol–water partition coefficient (Wildman–Crippen LogP) is 3.58. The summed E-state index contributed by atoms with van der Waals surface area (Å²) in [7, 11) is 0. The van der Waals surface area contributed by atoms with E-state index in [-0.39, 0.29) is 11.1 Å². The summed E-state index contributed by atoms with van der Waals surface area (Å²) in [6.45, 7) is 5.17. The van der Waals surface area contributed by atoms with Gasteiger partial charge in [0.1, 0.15) is 5.60 Å². The fraction of sp³-hybridized carbons (Fsp3) is 0.417. The molecule has 1 aromatic carbocycles. The number of carbonyl (C=O) groups excluding carboxylic acids is 1. The van der Waals surface area contributed by atoms with Crippen LogP contribution in [0.1, 0.15) is 43.1 Å². The number of ether oxygens (including phenoxy) is 1. The summed E-state index contributed by atoms with van der Waals surface area (Å²) < 4.78 is 29.9. The normalized spacial score (nSPS) is 11.6. The van der Waals surface area contributed by atoms with Gasteiger partial charge in [-0.25, -0.2) is 13.6 Å². The lowest BCUT2D eigenvalue weighted by Gasteiger charge is -2.19. The van der Waals surface area contributed by atoms with Gasteiger partial charge in [-0.2, -0.15) is 0 Å². The lowest BCUT2D eigenvalue weighted by atomic mass is 10.1. The maximum atomic E-state index is 12.4. The Hall–Kier alpha value is -1.45. The molecule has 0 N–H and O–H groups in total. The Labute approximate surface area is 93.2 Å². The number of halogens is 2. The van der Waals surface area contributed by atoms with Crippen molar-refractivity contribution in [3.63, 3.8) is 0 Å². The minimum atomic E-state index is -2.58. The third kappa shape index (κ3) is 3.61. The summed E-state index contributed by atoms with van der Waals surface area (Å²) in [5.41, 5.74) is -0.658. The second-order valence-corrected chi connectivity index (χ2v) is 4.43. The first-order valence-corrected chi connectivity index (χ1v) is 4.91. The van der Waals surface area contributed by atoms with Crippen LogP contribution >= 0.6 is 0 Å². The first-order valence-electron chi connectivity index (χ1n) is 4.91. The highest BCUT2D eigenvalue weighted by atomic mass is 19.3. The number of carbonyl (C=O) groups is 1. The zero-order valence-electron chi connectivity index (χ0n) is 9.46. The SMILES string of the molecule is CC(C)(C)OC(=O)c1cccc(C(F)F)c1. The first kappa shape index (κ1) is 12.6. The van der Waals surface area contributed by atoms with Gasteiger partial charge in [-0.3, -0.25) is 0 Å². The maximum absolute atomic E-state index is 12.4. The number of hydrogen-bond donors (Lipinski definition) is 0. The molecule has 0 radical (unpaired) electrons. The molecular formula is C12H14F2O2. The van der Waals surface area contributed by atoms with E-state index in [1.165, 1.54) is 18.2 Å². The van der Waals surface area contributed by atoms with Crippen LogP contribution in [0.15, 0.2) is 24.3 Å². The molecule has 4 heteroatoms. The number of hydrogen-bond acceptors (Lipinski definition) is 2. The van der Waals surface area contributed by atoms with E-state index < -0.39 is 18.0 Å². The highest BCUT2D eigenvalue weighted by Crippen LogP contribution is 2.20. The number of rotatable bonds is 2. The van der Waals surface area contributed by atoms with Crippen LogP contribution in [0.4, 0.5) is 8.78 Å². The Kier molecular flexibility index (Phi) is 3.62. The summed E-state index contributed by atoms with van der Waals surface area (Å²) in [5.74, 6) is -0.588. The molecule has 16 heavy (non-hydrogen) atoms. The molecule has 1 aromatic rings. The molecule has 0 atom stereocenters. The molecule has 88 valence electrons. The Bertz CT molecular complexity index is 381. The third-order valence-electron chi connectivity index (χ3n) is 1.77. The molecule has 0 fully saturated rings. The molecule has 0 unspecified atom stereocenters. The van der Waals surface area contributed by atoms with Gasteiger partial charge in [0.2, 0.25) is 0 Å². The second-order valence-electron chi connectivity index (χ2n) is 4.43. The largest absolute Gasteiger partial charge is 0.456 e. The van der Waals surface area contributed by atoms with E-state index in [2.05, 4.69) is 0 Å². The first-order chi connectivity index (χ1) is 7.29. The number of benzene rings is 1. The molecule has 0 amide bonds. The Morgan fingerprint density at radius 3 is 2.44 bits per heavy atom. The van der Waals surface area contributed by atoms with Gasteiger partial charge in [0.25, 0.3) is 6.43 Å². The van der Waals surface area contributed by atoms with Crippen molar-refractivity contribution in [3.8, 4) is 0 Å². The minimum Gasteiger partial charge on any atom is -0.456 e. The summed E-state index contributed by atoms with van der Waals surface area (Å²) >= 11 is 0. The van der Waals surface area contributed by atoms with Gasteiger partial charge in [-0.1, -0.05) is 12.1 Å². The average molecular weight is 228 g/mol. The van der Waals surface area contributed by atoms with Crippen molar-refractivity contribution in [1.82, 2.24) is 0 Å². The zero-order chi connectivity index (χ0) is 12.3. The Morgan fingerprint density at radius 1 is 1.31 bits per heavy atom. The lowest BCUT2D eigenvalue weighted by Crippen LogP contribution is -2.23. The molecule has 0 aliphatic heterocycles. The summed E-state index contributed by atoms with van der Waals surface area (Å²) in [5, 5.41) is 0. The van der Waals surface area contributed by atoms with Crippen LogP contribution in [-0.4, -0.2) is 11.6 Å². The van der Waals surface area contributed by atoms with Gasteiger partial charge in [0, 0.05) is 5.56 Å². The van der Waals surface area contributed by atoms with Crippen LogP contribution in [0.2, 0.25) is 0 Å². The van der Waals surface area contributed by atoms with Crippen molar-refractivity contribution in [2.45, 2.75) is 32.8 Å². The van der Waals surface area contributed by atoms with Crippen LogP contribution in [0, 0.1) is 0 Å². The summed E-state index contributed by atoms with van der Waals surface area (Å²) in [6.07, 6.45) is -2.58. The van der Waals surface area contributed by atoms with E-state index in [4.69, 9.17) is 4.74 Å². The molecule has 0 aromatic heterocycles. The van der Waals surface area contributed by atoms with E-state index in [9.17, 15) is 13.6 Å². The van der Waals surface area contributed by atoms with E-state index in [0.717, 1.165) is 6.07 Å². The van der Waals surface area contributed by atoms with Gasteiger partial charge in [0.15, 0.2) is 0 Å². The van der Waals surface area contributed by atoms with Gasteiger partial charge in [-0.15, -0.1) is 0 Å². The molecule has 0 heterocycles. The van der Waals surface area contributed by atoms with Gasteiger partial charge >= 0.3 is 5.97 Å². The molecular weight excluding hydrogens is 214 g/mol. The minimum absolute atomic E-state index is 0.146. The molecule has 0 spiro atoms. The Morgan fingerprint density at radius 2 is 1.94 bits per heavy atom. The quantitative estimate of drug-likeness (QED) is 0.723. The van der Waals surface area contributed by atoms with Crippen LogP contribution in [0.5, 0.6) is 0 Å². The molecule has 1 rings (SSSR count). The zero-order valence-corrected chi connectivity index (χ0v) is 9.46. The topological polar surface area (TPSA) is 26.3 Å². The number of alkyl halides is 2. The monoisotopic (exact) mass is 228 g/mol. The molecule has 0 saturated heterocycles. The van der Waals surface area contributed by atoms with Crippen molar-refractivity contribution in [3.05, 3.63) is 35.4 Å². The third-order valence-corrected chi connectivity index (χ3v) is 1.77. The Balaban J connectivity index is 2.88. The average Bonchev–Trinajstić information content (AvgIpc) is 2.15. The van der Waals surface area contributed by atoms with Crippen LogP contribution < -0.4 is 0 Å². The molecule has 2 nitrogen and oxygen atoms in total. The highest BCUT2D eigenvalue weighted by Gasteiger charge is 2.18. The van der Waals surface area contributed by atoms with Crippen LogP contribution in [-0.2, 0) is 4.74 Å². The lowest BCUT2D eigenvalue weighted by molar-refractivity contribution is 0.00692. The fourth-order valence-corrected chi connectivity index (χ4v) is 1.14. The summed E-state index contributed by atoms with van der Waals surface area (Å²) in [4.78, 5) is 11.6. The van der Waals surface area contributed by atoms with Crippen molar-refractivity contribution >= 4 is 5.97 Å². The number of esters is 1. The fourth-order valence-electron chi connectivity index (χ4n) is 1.14. The van der Waals surface area contributed by atoms with Gasteiger partial charge in [-0.05, 0) is 32.9 Å².